The Bertz CT molecular complexity index is 1340. The van der Waals surface area contributed by atoms with Crippen molar-refractivity contribution in [1.82, 2.24) is 19.8 Å². The first kappa shape index (κ1) is 26.2. The van der Waals surface area contributed by atoms with Gasteiger partial charge in [-0.05, 0) is 51.2 Å². The van der Waals surface area contributed by atoms with Crippen molar-refractivity contribution in [1.29, 1.82) is 0 Å². The minimum Gasteiger partial charge on any atom is -0.340 e. The number of carbonyl (C=O) groups is 1. The molecule has 9 heteroatoms. The summed E-state index contributed by atoms with van der Waals surface area (Å²) < 4.78 is 0. The monoisotopic (exact) mass is 524 g/mol. The van der Waals surface area contributed by atoms with Crippen molar-refractivity contribution in [2.75, 3.05) is 43.9 Å². The predicted octanol–water partition coefficient (Wildman–Crippen LogP) is 5.41. The lowest BCUT2D eigenvalue weighted by molar-refractivity contribution is -0.115. The maximum Gasteiger partial charge on any atom is 0.224 e. The summed E-state index contributed by atoms with van der Waals surface area (Å²) in [6.45, 7) is 10.1. The number of anilines is 3. The van der Waals surface area contributed by atoms with Crippen LogP contribution in [-0.4, -0.2) is 64.4 Å². The molecule has 0 unspecified atom stereocenters. The van der Waals surface area contributed by atoms with Gasteiger partial charge in [0.25, 0.3) is 0 Å². The van der Waals surface area contributed by atoms with Gasteiger partial charge in [0.1, 0.15) is 12.1 Å². The first-order valence-corrected chi connectivity index (χ1v) is 12.7. The average molecular weight is 525 g/mol. The number of halogens is 2. The van der Waals surface area contributed by atoms with Crippen LogP contribution in [0, 0.1) is 11.8 Å². The number of nitrogens with zero attached hydrogens (tertiary/aromatic N) is 4. The van der Waals surface area contributed by atoms with E-state index in [2.05, 4.69) is 63.1 Å². The lowest BCUT2D eigenvalue weighted by Crippen LogP contribution is -2.53. The highest BCUT2D eigenvalue weighted by Crippen LogP contribution is 2.31. The molecule has 1 aliphatic rings. The van der Waals surface area contributed by atoms with E-state index in [0.717, 1.165) is 37.3 Å². The molecular formula is C27H30Cl2N6O. The molecule has 1 aliphatic heterocycles. The highest BCUT2D eigenvalue weighted by molar-refractivity contribution is 6.42. The van der Waals surface area contributed by atoms with Crippen LogP contribution in [0.3, 0.4) is 0 Å². The second-order valence-corrected chi connectivity index (χ2v) is 10.2. The van der Waals surface area contributed by atoms with Crippen molar-refractivity contribution in [3.05, 3.63) is 52.3 Å². The van der Waals surface area contributed by atoms with Crippen LogP contribution in [0.4, 0.5) is 17.2 Å². The molecule has 0 saturated carbocycles. The van der Waals surface area contributed by atoms with Gasteiger partial charge in [0, 0.05) is 43.7 Å². The van der Waals surface area contributed by atoms with E-state index in [1.807, 2.05) is 25.1 Å². The fourth-order valence-corrected chi connectivity index (χ4v) is 4.32. The SMILES string of the molecule is CCC(=O)Nc1cc2c(Nc3ccc(Cl)c(Cl)c3)ncnc2cc1C#CC(C)(C)N1CCN(C)CC1. The van der Waals surface area contributed by atoms with Crippen LogP contribution in [0.5, 0.6) is 0 Å². The number of amides is 1. The molecule has 1 saturated heterocycles. The number of aromatic nitrogens is 2. The van der Waals surface area contributed by atoms with Gasteiger partial charge in [-0.15, -0.1) is 0 Å². The molecular weight excluding hydrogens is 495 g/mol. The Balaban J connectivity index is 1.72. The number of hydrogen-bond acceptors (Lipinski definition) is 6. The van der Waals surface area contributed by atoms with Crippen LogP contribution in [0.2, 0.25) is 10.0 Å². The molecule has 0 atom stereocenters. The molecule has 7 nitrogen and oxygen atoms in total. The molecule has 0 radical (unpaired) electrons. The minimum atomic E-state index is -0.311. The number of carbonyl (C=O) groups excluding carboxylic acids is 1. The molecule has 2 heterocycles. The molecule has 1 fully saturated rings. The van der Waals surface area contributed by atoms with E-state index < -0.39 is 0 Å². The van der Waals surface area contributed by atoms with Crippen molar-refractivity contribution in [3.8, 4) is 11.8 Å². The molecule has 1 amide bonds. The summed E-state index contributed by atoms with van der Waals surface area (Å²) in [5.74, 6) is 7.27. The topological polar surface area (TPSA) is 73.4 Å². The van der Waals surface area contributed by atoms with E-state index in [4.69, 9.17) is 23.2 Å². The summed E-state index contributed by atoms with van der Waals surface area (Å²) in [6, 6.07) is 9.05. The number of rotatable bonds is 5. The Morgan fingerprint density at radius 1 is 1.08 bits per heavy atom. The number of likely N-dealkylation sites (N-methyl/N-ethyl adjacent to an activating group) is 1. The van der Waals surface area contributed by atoms with E-state index in [1.165, 1.54) is 6.33 Å². The Labute approximate surface area is 222 Å². The predicted molar refractivity (Wildman–Crippen MR) is 148 cm³/mol. The smallest absolute Gasteiger partial charge is 0.224 e. The summed E-state index contributed by atoms with van der Waals surface area (Å²) in [6.07, 6.45) is 1.86. The third-order valence-corrected chi connectivity index (χ3v) is 7.09. The van der Waals surface area contributed by atoms with Crippen LogP contribution in [0.1, 0.15) is 32.8 Å². The molecule has 4 rings (SSSR count). The van der Waals surface area contributed by atoms with Gasteiger partial charge < -0.3 is 15.5 Å². The van der Waals surface area contributed by atoms with E-state index in [9.17, 15) is 4.79 Å². The second kappa shape index (κ2) is 11.0. The second-order valence-electron chi connectivity index (χ2n) is 9.39. The van der Waals surface area contributed by atoms with Gasteiger partial charge >= 0.3 is 0 Å². The van der Waals surface area contributed by atoms with Gasteiger partial charge in [0.05, 0.1) is 32.4 Å². The van der Waals surface area contributed by atoms with Crippen LogP contribution >= 0.6 is 23.2 Å². The molecule has 2 aromatic carbocycles. The van der Waals surface area contributed by atoms with E-state index in [0.29, 0.717) is 39.1 Å². The summed E-state index contributed by atoms with van der Waals surface area (Å²) in [5.41, 5.74) is 2.48. The van der Waals surface area contributed by atoms with Crippen molar-refractivity contribution < 1.29 is 4.79 Å². The first-order valence-electron chi connectivity index (χ1n) is 11.9. The summed E-state index contributed by atoms with van der Waals surface area (Å²) in [4.78, 5) is 26.0. The standard InChI is InChI=1S/C27H30Cl2N6O/c1-5-25(36)33-23-16-20-24(30-17-31-26(20)32-19-6-7-21(28)22(29)15-19)14-18(23)8-9-27(2,3)35-12-10-34(4)11-13-35/h6-7,14-17H,5,10-13H2,1-4H3,(H,33,36)(H,30,31,32). The van der Waals surface area contributed by atoms with Crippen LogP contribution in [-0.2, 0) is 4.79 Å². The maximum absolute atomic E-state index is 12.3. The minimum absolute atomic E-state index is 0.0911. The maximum atomic E-state index is 12.3. The lowest BCUT2D eigenvalue weighted by Gasteiger charge is -2.40. The zero-order valence-electron chi connectivity index (χ0n) is 21.0. The van der Waals surface area contributed by atoms with Crippen molar-refractivity contribution in [2.24, 2.45) is 0 Å². The van der Waals surface area contributed by atoms with Gasteiger partial charge in [0.15, 0.2) is 0 Å². The van der Waals surface area contributed by atoms with Gasteiger partial charge in [-0.25, -0.2) is 9.97 Å². The van der Waals surface area contributed by atoms with Crippen LogP contribution in [0.15, 0.2) is 36.7 Å². The van der Waals surface area contributed by atoms with E-state index in [-0.39, 0.29) is 11.4 Å². The summed E-state index contributed by atoms with van der Waals surface area (Å²) in [5, 5.41) is 7.94. The normalized spacial score (nSPS) is 14.8. The fraction of sp³-hybridized carbons (Fsp3) is 0.370. The zero-order chi connectivity index (χ0) is 25.9. The fourth-order valence-electron chi connectivity index (χ4n) is 4.02. The summed E-state index contributed by atoms with van der Waals surface area (Å²) >= 11 is 12.2. The molecule has 0 aliphatic carbocycles. The zero-order valence-corrected chi connectivity index (χ0v) is 22.5. The van der Waals surface area contributed by atoms with Crippen molar-refractivity contribution in [2.45, 2.75) is 32.7 Å². The number of hydrogen-bond donors (Lipinski definition) is 2. The van der Waals surface area contributed by atoms with Crippen LogP contribution < -0.4 is 10.6 Å². The van der Waals surface area contributed by atoms with Gasteiger partial charge in [-0.3, -0.25) is 9.69 Å². The molecule has 36 heavy (non-hydrogen) atoms. The van der Waals surface area contributed by atoms with Crippen LogP contribution in [0.25, 0.3) is 10.9 Å². The van der Waals surface area contributed by atoms with Gasteiger partial charge in [0.2, 0.25) is 5.91 Å². The molecule has 1 aromatic heterocycles. The highest BCUT2D eigenvalue weighted by atomic mass is 35.5. The molecule has 0 spiro atoms. The number of fused-ring (bicyclic) bond motifs is 1. The van der Waals surface area contributed by atoms with Crippen molar-refractivity contribution >= 4 is 57.2 Å². The third kappa shape index (κ3) is 6.08. The van der Waals surface area contributed by atoms with Crippen molar-refractivity contribution in [3.63, 3.8) is 0 Å². The Kier molecular flexibility index (Phi) is 8.01. The lowest BCUT2D eigenvalue weighted by atomic mass is 10.0. The van der Waals surface area contributed by atoms with E-state index in [1.54, 1.807) is 12.1 Å². The van der Waals surface area contributed by atoms with E-state index >= 15 is 0 Å². The molecule has 3 aromatic rings. The largest absolute Gasteiger partial charge is 0.340 e. The Morgan fingerprint density at radius 2 is 1.83 bits per heavy atom. The molecule has 188 valence electrons. The highest BCUT2D eigenvalue weighted by Gasteiger charge is 2.27. The Hall–Kier alpha value is -2.89. The first-order chi connectivity index (χ1) is 17.2. The molecule has 0 bridgehead atoms. The quantitative estimate of drug-likeness (QED) is 0.435. The molecule has 2 N–H and O–H groups in total. The number of benzene rings is 2. The number of piperazine rings is 1. The summed E-state index contributed by atoms with van der Waals surface area (Å²) in [7, 11) is 2.14. The Morgan fingerprint density at radius 3 is 2.53 bits per heavy atom. The van der Waals surface area contributed by atoms with Gasteiger partial charge in [-0.1, -0.05) is 42.0 Å². The average Bonchev–Trinajstić information content (AvgIpc) is 2.85. The third-order valence-electron chi connectivity index (χ3n) is 6.35. The van der Waals surface area contributed by atoms with Gasteiger partial charge in [-0.2, -0.15) is 0 Å². The number of nitrogens with one attached hydrogen (secondary N) is 2.